The molecule has 0 amide bonds. The van der Waals surface area contributed by atoms with Gasteiger partial charge in [-0.25, -0.2) is 4.98 Å². The van der Waals surface area contributed by atoms with Gasteiger partial charge in [0.1, 0.15) is 22.7 Å². The Morgan fingerprint density at radius 3 is 2.30 bits per heavy atom. The maximum Gasteiger partial charge on any atom is 0.271 e. The summed E-state index contributed by atoms with van der Waals surface area (Å²) in [5, 5.41) is 5.65. The van der Waals surface area contributed by atoms with Gasteiger partial charge in [-0.05, 0) is 36.4 Å². The van der Waals surface area contributed by atoms with Crippen LogP contribution in [0.1, 0.15) is 0 Å². The van der Waals surface area contributed by atoms with Gasteiger partial charge in [-0.2, -0.15) is 9.78 Å². The summed E-state index contributed by atoms with van der Waals surface area (Å²) in [7, 11) is 0. The minimum atomic E-state index is -0.278. The van der Waals surface area contributed by atoms with Crippen LogP contribution < -0.4 is 5.56 Å². The van der Waals surface area contributed by atoms with Crippen molar-refractivity contribution in [1.82, 2.24) is 19.2 Å². The summed E-state index contributed by atoms with van der Waals surface area (Å²) < 4.78 is 3.23. The average Bonchev–Trinajstić information content (AvgIpc) is 3.14. The van der Waals surface area contributed by atoms with Crippen molar-refractivity contribution < 1.29 is 0 Å². The van der Waals surface area contributed by atoms with Gasteiger partial charge in [0.25, 0.3) is 5.56 Å². The molecule has 0 atom stereocenters. The highest BCUT2D eigenvalue weighted by Crippen LogP contribution is 2.35. The molecule has 3 heterocycles. The molecule has 146 valence electrons. The van der Waals surface area contributed by atoms with E-state index in [1.807, 2.05) is 59.1 Å². The highest BCUT2D eigenvalue weighted by molar-refractivity contribution is 6.33. The molecule has 0 radical (unpaired) electrons. The number of aromatic nitrogens is 4. The second-order valence-electron chi connectivity index (χ2n) is 6.64. The Labute approximate surface area is 181 Å². The fraction of sp³-hybridized carbons (Fsp3) is 0. The van der Waals surface area contributed by atoms with Gasteiger partial charge in [0.05, 0.1) is 15.7 Å². The van der Waals surface area contributed by atoms with Crippen LogP contribution in [0.5, 0.6) is 0 Å². The predicted octanol–water partition coefficient (Wildman–Crippen LogP) is 5.52. The van der Waals surface area contributed by atoms with Gasteiger partial charge in [0.2, 0.25) is 0 Å². The van der Waals surface area contributed by atoms with Crippen LogP contribution in [0.2, 0.25) is 10.0 Å². The number of hydrogen-bond donors (Lipinski definition) is 0. The number of rotatable bonds is 3. The Kier molecular flexibility index (Phi) is 4.62. The van der Waals surface area contributed by atoms with Crippen LogP contribution in [-0.4, -0.2) is 19.2 Å². The summed E-state index contributed by atoms with van der Waals surface area (Å²) in [5.74, 6) is 0. The molecular formula is C23H14Cl2N4O. The maximum atomic E-state index is 12.6. The van der Waals surface area contributed by atoms with Crippen LogP contribution in [0.3, 0.4) is 0 Å². The number of pyridine rings is 1. The van der Waals surface area contributed by atoms with E-state index in [0.29, 0.717) is 27.1 Å². The normalized spacial score (nSPS) is 11.1. The van der Waals surface area contributed by atoms with E-state index < -0.39 is 0 Å². The summed E-state index contributed by atoms with van der Waals surface area (Å²) in [6.45, 7) is 0. The van der Waals surface area contributed by atoms with E-state index in [1.54, 1.807) is 24.3 Å². The van der Waals surface area contributed by atoms with Crippen molar-refractivity contribution in [3.8, 4) is 28.3 Å². The number of para-hydroxylation sites is 1. The largest absolute Gasteiger partial charge is 0.298 e. The summed E-state index contributed by atoms with van der Waals surface area (Å²) in [5.41, 5.74) is 3.76. The van der Waals surface area contributed by atoms with E-state index in [4.69, 9.17) is 28.2 Å². The van der Waals surface area contributed by atoms with Crippen molar-refractivity contribution in [3.63, 3.8) is 0 Å². The summed E-state index contributed by atoms with van der Waals surface area (Å²) in [4.78, 5) is 17.4. The van der Waals surface area contributed by atoms with Crippen molar-refractivity contribution in [2.24, 2.45) is 0 Å². The molecule has 7 heteroatoms. The highest BCUT2D eigenvalue weighted by atomic mass is 35.5. The van der Waals surface area contributed by atoms with Gasteiger partial charge >= 0.3 is 0 Å². The second-order valence-corrected chi connectivity index (χ2v) is 7.45. The van der Waals surface area contributed by atoms with Gasteiger partial charge in [0.15, 0.2) is 0 Å². The highest BCUT2D eigenvalue weighted by Gasteiger charge is 2.20. The molecule has 0 spiro atoms. The SMILES string of the molecule is O=c1ccc(-c2c(-c3ccccc3Cl)nc3ccccn23)nn1-c1ccccc1Cl. The van der Waals surface area contributed by atoms with Gasteiger partial charge in [0, 0.05) is 17.8 Å². The predicted molar refractivity (Wildman–Crippen MR) is 119 cm³/mol. The molecule has 0 unspecified atom stereocenters. The molecule has 0 saturated carbocycles. The van der Waals surface area contributed by atoms with Gasteiger partial charge < -0.3 is 0 Å². The van der Waals surface area contributed by atoms with Crippen molar-refractivity contribution in [1.29, 1.82) is 0 Å². The molecule has 5 aromatic rings. The minimum Gasteiger partial charge on any atom is -0.298 e. The summed E-state index contributed by atoms with van der Waals surface area (Å²) in [6, 6.07) is 23.5. The lowest BCUT2D eigenvalue weighted by molar-refractivity contribution is 0.810. The fourth-order valence-electron chi connectivity index (χ4n) is 3.42. The van der Waals surface area contributed by atoms with Crippen molar-refractivity contribution in [2.45, 2.75) is 0 Å². The smallest absolute Gasteiger partial charge is 0.271 e. The molecule has 0 saturated heterocycles. The van der Waals surface area contributed by atoms with Crippen LogP contribution in [0.4, 0.5) is 0 Å². The van der Waals surface area contributed by atoms with E-state index in [2.05, 4.69) is 5.10 Å². The first-order valence-corrected chi connectivity index (χ1v) is 9.97. The lowest BCUT2D eigenvalue weighted by Gasteiger charge is -2.10. The first-order chi connectivity index (χ1) is 14.6. The maximum absolute atomic E-state index is 12.6. The standard InChI is InChI=1S/C23H14Cl2N4O/c24-16-8-2-1-7-15(16)22-23(28-14-6-5-11-20(28)26-22)18-12-13-21(30)29(27-18)19-10-4-3-9-17(19)25/h1-14H. The average molecular weight is 433 g/mol. The van der Waals surface area contributed by atoms with E-state index in [0.717, 1.165) is 16.9 Å². The van der Waals surface area contributed by atoms with Crippen LogP contribution in [-0.2, 0) is 0 Å². The summed E-state index contributed by atoms with van der Waals surface area (Å²) in [6.07, 6.45) is 1.91. The van der Waals surface area contributed by atoms with Crippen LogP contribution in [0, 0.1) is 0 Å². The Bertz CT molecular complexity index is 1460. The number of halogens is 2. The number of fused-ring (bicyclic) bond motifs is 1. The molecule has 5 nitrogen and oxygen atoms in total. The topological polar surface area (TPSA) is 52.2 Å². The van der Waals surface area contributed by atoms with Crippen molar-refractivity contribution in [2.75, 3.05) is 0 Å². The molecule has 3 aromatic heterocycles. The third kappa shape index (κ3) is 3.09. The molecule has 30 heavy (non-hydrogen) atoms. The molecule has 0 N–H and O–H groups in total. The van der Waals surface area contributed by atoms with E-state index >= 15 is 0 Å². The molecular weight excluding hydrogens is 419 g/mol. The Balaban J connectivity index is 1.82. The zero-order valence-corrected chi connectivity index (χ0v) is 17.0. The second kappa shape index (κ2) is 7.44. The molecule has 0 aliphatic rings. The molecule has 0 aliphatic heterocycles. The fourth-order valence-corrected chi connectivity index (χ4v) is 3.86. The van der Waals surface area contributed by atoms with Crippen LogP contribution in [0.15, 0.2) is 89.9 Å². The zero-order valence-electron chi connectivity index (χ0n) is 15.5. The number of hydrogen-bond acceptors (Lipinski definition) is 3. The first-order valence-electron chi connectivity index (χ1n) is 9.21. The lowest BCUT2D eigenvalue weighted by atomic mass is 10.1. The first kappa shape index (κ1) is 18.6. The van der Waals surface area contributed by atoms with Gasteiger partial charge in [-0.3, -0.25) is 9.20 Å². The van der Waals surface area contributed by atoms with Gasteiger partial charge in [-0.15, -0.1) is 0 Å². The monoisotopic (exact) mass is 432 g/mol. The number of benzene rings is 2. The van der Waals surface area contributed by atoms with Crippen LogP contribution in [0.25, 0.3) is 34.0 Å². The minimum absolute atomic E-state index is 0.278. The number of imidazole rings is 1. The molecule has 0 fully saturated rings. The summed E-state index contributed by atoms with van der Waals surface area (Å²) >= 11 is 12.8. The molecule has 2 aromatic carbocycles. The number of nitrogens with zero attached hydrogens (tertiary/aromatic N) is 4. The van der Waals surface area contributed by atoms with E-state index in [-0.39, 0.29) is 5.56 Å². The third-order valence-corrected chi connectivity index (χ3v) is 5.43. The Hall–Kier alpha value is -3.41. The molecule has 5 rings (SSSR count). The molecule has 0 aliphatic carbocycles. The Morgan fingerprint density at radius 2 is 1.50 bits per heavy atom. The van der Waals surface area contributed by atoms with Crippen molar-refractivity contribution >= 4 is 28.8 Å². The lowest BCUT2D eigenvalue weighted by Crippen LogP contribution is -2.21. The molecule has 0 bridgehead atoms. The van der Waals surface area contributed by atoms with Crippen LogP contribution >= 0.6 is 23.2 Å². The van der Waals surface area contributed by atoms with Crippen molar-refractivity contribution in [3.05, 3.63) is 105 Å². The van der Waals surface area contributed by atoms with E-state index in [1.165, 1.54) is 10.7 Å². The van der Waals surface area contributed by atoms with E-state index in [9.17, 15) is 4.79 Å². The van der Waals surface area contributed by atoms with Gasteiger partial charge in [-0.1, -0.05) is 59.6 Å². The third-order valence-electron chi connectivity index (χ3n) is 4.78. The Morgan fingerprint density at radius 1 is 0.767 bits per heavy atom. The quantitative estimate of drug-likeness (QED) is 0.377. The zero-order chi connectivity index (χ0) is 20.7.